The molecule has 0 aliphatic carbocycles. The lowest BCUT2D eigenvalue weighted by atomic mass is 9.98. The van der Waals surface area contributed by atoms with E-state index in [2.05, 4.69) is 58.1 Å². The molecule has 4 nitrogen and oxygen atoms in total. The lowest BCUT2D eigenvalue weighted by molar-refractivity contribution is 0.169. The van der Waals surface area contributed by atoms with Crippen molar-refractivity contribution in [3.05, 3.63) is 22.4 Å². The highest BCUT2D eigenvalue weighted by Crippen LogP contribution is 2.20. The van der Waals surface area contributed by atoms with E-state index in [1.165, 1.54) is 30.8 Å². The minimum atomic E-state index is 0.222. The number of nitrogens with one attached hydrogen (secondary N) is 2. The number of piperidine rings is 1. The van der Waals surface area contributed by atoms with Crippen LogP contribution in [0.3, 0.4) is 0 Å². The summed E-state index contributed by atoms with van der Waals surface area (Å²) in [5.41, 5.74) is 0. The summed E-state index contributed by atoms with van der Waals surface area (Å²) in [5.74, 6) is 1.62. The van der Waals surface area contributed by atoms with Gasteiger partial charge < -0.3 is 10.6 Å². The molecular formula is C18H32N4S2. The highest BCUT2D eigenvalue weighted by molar-refractivity contribution is 7.99. The van der Waals surface area contributed by atoms with Gasteiger partial charge in [-0.05, 0) is 56.9 Å². The van der Waals surface area contributed by atoms with Crippen molar-refractivity contribution < 1.29 is 0 Å². The van der Waals surface area contributed by atoms with Crippen molar-refractivity contribution in [3.8, 4) is 0 Å². The SMILES string of the molecule is CN=C(NCC1CCCN(Cc2cccs2)C1)NCC(C)(C)SC. The van der Waals surface area contributed by atoms with Gasteiger partial charge in [-0.25, -0.2) is 0 Å². The molecule has 6 heteroatoms. The number of thiophene rings is 1. The molecule has 0 aromatic carbocycles. The van der Waals surface area contributed by atoms with E-state index < -0.39 is 0 Å². The number of aliphatic imine (C=N–C) groups is 1. The Morgan fingerprint density at radius 2 is 2.29 bits per heavy atom. The predicted octanol–water partition coefficient (Wildman–Crippen LogP) is 3.27. The number of likely N-dealkylation sites (tertiary alicyclic amines) is 1. The highest BCUT2D eigenvalue weighted by atomic mass is 32.2. The zero-order chi connectivity index (χ0) is 17.4. The molecule has 1 atom stereocenters. The van der Waals surface area contributed by atoms with E-state index in [9.17, 15) is 0 Å². The maximum absolute atomic E-state index is 4.36. The van der Waals surface area contributed by atoms with Crippen molar-refractivity contribution in [1.82, 2.24) is 15.5 Å². The summed E-state index contributed by atoms with van der Waals surface area (Å²) in [4.78, 5) is 8.43. The topological polar surface area (TPSA) is 39.7 Å². The Balaban J connectivity index is 1.73. The third-order valence-corrected chi connectivity index (χ3v) is 6.69. The molecule has 136 valence electrons. The van der Waals surface area contributed by atoms with E-state index in [4.69, 9.17) is 0 Å². The van der Waals surface area contributed by atoms with Crippen molar-refractivity contribution in [1.29, 1.82) is 0 Å². The first kappa shape index (κ1) is 19.6. The van der Waals surface area contributed by atoms with Crippen LogP contribution in [0.15, 0.2) is 22.5 Å². The Hall–Kier alpha value is -0.720. The summed E-state index contributed by atoms with van der Waals surface area (Å²) in [5, 5.41) is 9.15. The third-order valence-electron chi connectivity index (χ3n) is 4.58. The van der Waals surface area contributed by atoms with Crippen LogP contribution in [0.1, 0.15) is 31.6 Å². The molecule has 1 aromatic heterocycles. The Kier molecular flexibility index (Phi) is 7.91. The van der Waals surface area contributed by atoms with E-state index >= 15 is 0 Å². The maximum Gasteiger partial charge on any atom is 0.191 e. The second kappa shape index (κ2) is 9.68. The van der Waals surface area contributed by atoms with Crippen LogP contribution in [0.5, 0.6) is 0 Å². The Morgan fingerprint density at radius 1 is 1.46 bits per heavy atom. The minimum Gasteiger partial charge on any atom is -0.356 e. The van der Waals surface area contributed by atoms with Crippen LogP contribution in [-0.2, 0) is 6.54 Å². The van der Waals surface area contributed by atoms with Crippen LogP contribution in [0, 0.1) is 5.92 Å². The lowest BCUT2D eigenvalue weighted by Gasteiger charge is -2.33. The number of thioether (sulfide) groups is 1. The average molecular weight is 369 g/mol. The summed E-state index contributed by atoms with van der Waals surface area (Å²) in [7, 11) is 1.85. The van der Waals surface area contributed by atoms with Crippen LogP contribution < -0.4 is 10.6 Å². The lowest BCUT2D eigenvalue weighted by Crippen LogP contribution is -2.46. The fourth-order valence-electron chi connectivity index (χ4n) is 2.91. The van der Waals surface area contributed by atoms with E-state index in [1.54, 1.807) is 0 Å². The largest absolute Gasteiger partial charge is 0.356 e. The standard InChI is InChI=1S/C18H32N4S2/c1-18(2,23-4)14-21-17(19-3)20-11-15-7-5-9-22(12-15)13-16-8-6-10-24-16/h6,8,10,15H,5,7,9,11-14H2,1-4H3,(H2,19,20,21). The molecule has 1 saturated heterocycles. The second-order valence-electron chi connectivity index (χ2n) is 7.09. The first-order valence-corrected chi connectivity index (χ1v) is 10.9. The normalized spacial score (nSPS) is 20.2. The van der Waals surface area contributed by atoms with Crippen LogP contribution in [0.25, 0.3) is 0 Å². The average Bonchev–Trinajstić information content (AvgIpc) is 3.08. The molecule has 0 saturated carbocycles. The highest BCUT2D eigenvalue weighted by Gasteiger charge is 2.21. The van der Waals surface area contributed by atoms with Crippen LogP contribution >= 0.6 is 23.1 Å². The van der Waals surface area contributed by atoms with E-state index in [0.717, 1.165) is 25.6 Å². The molecule has 24 heavy (non-hydrogen) atoms. The smallest absolute Gasteiger partial charge is 0.191 e. The number of hydrogen-bond donors (Lipinski definition) is 2. The van der Waals surface area contributed by atoms with Crippen molar-refractivity contribution >= 4 is 29.1 Å². The quantitative estimate of drug-likeness (QED) is 0.572. The summed E-state index contributed by atoms with van der Waals surface area (Å²) in [6.45, 7) is 9.93. The van der Waals surface area contributed by atoms with Crippen molar-refractivity contribution in [2.75, 3.05) is 39.5 Å². The van der Waals surface area contributed by atoms with Gasteiger partial charge in [-0.15, -0.1) is 11.3 Å². The number of guanidine groups is 1. The Morgan fingerprint density at radius 3 is 2.96 bits per heavy atom. The van der Waals surface area contributed by atoms with Gasteiger partial charge >= 0.3 is 0 Å². The fraction of sp³-hybridized carbons (Fsp3) is 0.722. The summed E-state index contributed by atoms with van der Waals surface area (Å²) >= 11 is 3.74. The zero-order valence-corrected chi connectivity index (χ0v) is 17.1. The van der Waals surface area contributed by atoms with Gasteiger partial charge in [0.25, 0.3) is 0 Å². The molecule has 0 bridgehead atoms. The van der Waals surface area contributed by atoms with Gasteiger partial charge in [-0.1, -0.05) is 6.07 Å². The molecule has 1 unspecified atom stereocenters. The predicted molar refractivity (Wildman–Crippen MR) is 109 cm³/mol. The molecule has 2 heterocycles. The monoisotopic (exact) mass is 368 g/mol. The molecule has 1 aliphatic rings. The maximum atomic E-state index is 4.36. The molecule has 2 rings (SSSR count). The Labute approximate surface area is 155 Å². The number of rotatable bonds is 7. The van der Waals surface area contributed by atoms with Gasteiger partial charge in [0.1, 0.15) is 0 Å². The molecule has 1 aromatic rings. The van der Waals surface area contributed by atoms with E-state index in [0.29, 0.717) is 5.92 Å². The van der Waals surface area contributed by atoms with Crippen LogP contribution in [0.4, 0.5) is 0 Å². The van der Waals surface area contributed by atoms with E-state index in [-0.39, 0.29) is 4.75 Å². The van der Waals surface area contributed by atoms with E-state index in [1.807, 2.05) is 30.1 Å². The van der Waals surface area contributed by atoms with Gasteiger partial charge in [0, 0.05) is 42.9 Å². The first-order chi connectivity index (χ1) is 11.5. The molecule has 2 N–H and O–H groups in total. The van der Waals surface area contributed by atoms with Gasteiger partial charge in [0.2, 0.25) is 0 Å². The van der Waals surface area contributed by atoms with Crippen molar-refractivity contribution in [3.63, 3.8) is 0 Å². The fourth-order valence-corrected chi connectivity index (χ4v) is 3.88. The molecule has 0 amide bonds. The van der Waals surface area contributed by atoms with Gasteiger partial charge in [-0.2, -0.15) is 11.8 Å². The first-order valence-electron chi connectivity index (χ1n) is 8.77. The molecule has 1 aliphatic heterocycles. The van der Waals surface area contributed by atoms with Crippen molar-refractivity contribution in [2.24, 2.45) is 10.9 Å². The van der Waals surface area contributed by atoms with Crippen LogP contribution in [0.2, 0.25) is 0 Å². The summed E-state index contributed by atoms with van der Waals surface area (Å²) in [6, 6.07) is 4.39. The van der Waals surface area contributed by atoms with Gasteiger partial charge in [-0.3, -0.25) is 9.89 Å². The second-order valence-corrected chi connectivity index (χ2v) is 9.64. The molecule has 0 radical (unpaired) electrons. The zero-order valence-electron chi connectivity index (χ0n) is 15.5. The molecule has 1 fully saturated rings. The van der Waals surface area contributed by atoms with Gasteiger partial charge in [0.15, 0.2) is 5.96 Å². The molecular weight excluding hydrogens is 336 g/mol. The van der Waals surface area contributed by atoms with Crippen molar-refractivity contribution in [2.45, 2.75) is 38.0 Å². The third kappa shape index (κ3) is 6.65. The number of nitrogens with zero attached hydrogens (tertiary/aromatic N) is 2. The van der Waals surface area contributed by atoms with Gasteiger partial charge in [0.05, 0.1) is 0 Å². The summed E-state index contributed by atoms with van der Waals surface area (Å²) in [6.07, 6.45) is 4.76. The minimum absolute atomic E-state index is 0.222. The molecule has 0 spiro atoms. The Bertz CT molecular complexity index is 499. The van der Waals surface area contributed by atoms with Crippen LogP contribution in [-0.4, -0.2) is 55.1 Å². The number of hydrogen-bond acceptors (Lipinski definition) is 4. The summed E-state index contributed by atoms with van der Waals surface area (Å²) < 4.78 is 0.222.